The van der Waals surface area contributed by atoms with E-state index in [4.69, 9.17) is 4.74 Å². The van der Waals surface area contributed by atoms with Crippen LogP contribution in [0.25, 0.3) is 0 Å². The van der Waals surface area contributed by atoms with Gasteiger partial charge in [-0.15, -0.1) is 0 Å². The van der Waals surface area contributed by atoms with Crippen molar-refractivity contribution >= 4 is 27.3 Å². The molecule has 8 heteroatoms. The number of anilines is 2. The van der Waals surface area contributed by atoms with E-state index in [1.165, 1.54) is 19.2 Å². The van der Waals surface area contributed by atoms with Gasteiger partial charge in [-0.1, -0.05) is 18.2 Å². The Morgan fingerprint density at radius 2 is 1.75 bits per heavy atom. The average Bonchev–Trinajstić information content (AvgIpc) is 2.60. The van der Waals surface area contributed by atoms with E-state index >= 15 is 0 Å². The third kappa shape index (κ3) is 5.97. The predicted molar refractivity (Wildman–Crippen MR) is 111 cm³/mol. The first-order chi connectivity index (χ1) is 13.0. The predicted octanol–water partition coefficient (Wildman–Crippen LogP) is 3.21. The van der Waals surface area contributed by atoms with Gasteiger partial charge in [0.15, 0.2) is 0 Å². The molecule has 0 spiro atoms. The van der Waals surface area contributed by atoms with Crippen LogP contribution in [-0.4, -0.2) is 33.0 Å². The van der Waals surface area contributed by atoms with Gasteiger partial charge < -0.3 is 15.4 Å². The van der Waals surface area contributed by atoms with Gasteiger partial charge in [-0.2, -0.15) is 0 Å². The second-order valence-corrected chi connectivity index (χ2v) is 9.12. The fraction of sp³-hybridized carbons (Fsp3) is 0.350. The van der Waals surface area contributed by atoms with Gasteiger partial charge in [0.05, 0.1) is 17.7 Å². The van der Waals surface area contributed by atoms with Crippen LogP contribution in [0.2, 0.25) is 0 Å². The summed E-state index contributed by atoms with van der Waals surface area (Å²) < 4.78 is 32.8. The van der Waals surface area contributed by atoms with Crippen molar-refractivity contribution in [2.45, 2.75) is 44.2 Å². The van der Waals surface area contributed by atoms with Crippen LogP contribution in [0.3, 0.4) is 0 Å². The molecule has 0 aliphatic rings. The fourth-order valence-electron chi connectivity index (χ4n) is 2.52. The van der Waals surface area contributed by atoms with Crippen molar-refractivity contribution in [3.63, 3.8) is 0 Å². The van der Waals surface area contributed by atoms with Crippen molar-refractivity contribution in [1.82, 2.24) is 4.72 Å². The molecule has 2 rings (SSSR count). The molecule has 0 aromatic heterocycles. The molecule has 0 aliphatic heterocycles. The number of benzene rings is 2. The smallest absolute Gasteiger partial charge is 0.246 e. The minimum Gasteiger partial charge on any atom is -0.495 e. The Hall–Kier alpha value is -2.58. The van der Waals surface area contributed by atoms with E-state index in [2.05, 4.69) is 15.4 Å². The molecule has 2 aromatic carbocycles. The first kappa shape index (κ1) is 21.7. The van der Waals surface area contributed by atoms with Crippen LogP contribution < -0.4 is 20.1 Å². The molecular weight excluding hydrogens is 378 g/mol. The SMILES string of the molecule is COc1ccccc1NC(=O)[C@H](C)Nc1cccc(S(=O)(=O)NC(C)(C)C)c1. The number of ether oxygens (including phenoxy) is 1. The largest absolute Gasteiger partial charge is 0.495 e. The van der Waals surface area contributed by atoms with Gasteiger partial charge in [0.2, 0.25) is 15.9 Å². The Labute approximate surface area is 166 Å². The van der Waals surface area contributed by atoms with Crippen LogP contribution in [-0.2, 0) is 14.8 Å². The van der Waals surface area contributed by atoms with Gasteiger partial charge in [0, 0.05) is 11.2 Å². The lowest BCUT2D eigenvalue weighted by Crippen LogP contribution is -2.40. The van der Waals surface area contributed by atoms with Crippen molar-refractivity contribution in [3.05, 3.63) is 48.5 Å². The van der Waals surface area contributed by atoms with E-state index in [1.54, 1.807) is 58.0 Å². The zero-order chi connectivity index (χ0) is 20.9. The van der Waals surface area contributed by atoms with Crippen molar-refractivity contribution in [3.8, 4) is 5.75 Å². The van der Waals surface area contributed by atoms with Gasteiger partial charge in [0.1, 0.15) is 11.8 Å². The van der Waals surface area contributed by atoms with Gasteiger partial charge in [-0.25, -0.2) is 13.1 Å². The minimum atomic E-state index is -3.66. The zero-order valence-electron chi connectivity index (χ0n) is 16.7. The maximum absolute atomic E-state index is 12.5. The summed E-state index contributed by atoms with van der Waals surface area (Å²) in [6.45, 7) is 7.02. The highest BCUT2D eigenvalue weighted by Crippen LogP contribution is 2.23. The molecule has 0 saturated heterocycles. The van der Waals surface area contributed by atoms with E-state index in [9.17, 15) is 13.2 Å². The molecule has 7 nitrogen and oxygen atoms in total. The zero-order valence-corrected chi connectivity index (χ0v) is 17.6. The highest BCUT2D eigenvalue weighted by Gasteiger charge is 2.22. The Kier molecular flexibility index (Phi) is 6.69. The summed E-state index contributed by atoms with van der Waals surface area (Å²) in [5, 5.41) is 5.83. The maximum atomic E-state index is 12.5. The van der Waals surface area contributed by atoms with Crippen LogP contribution in [0, 0.1) is 0 Å². The summed E-state index contributed by atoms with van der Waals surface area (Å²) in [5.74, 6) is 0.287. The molecular formula is C20H27N3O4S. The Balaban J connectivity index is 2.12. The number of rotatable bonds is 7. The quantitative estimate of drug-likeness (QED) is 0.657. The average molecular weight is 406 g/mol. The molecule has 0 fully saturated rings. The second-order valence-electron chi connectivity index (χ2n) is 7.44. The van der Waals surface area contributed by atoms with Crippen LogP contribution in [0.1, 0.15) is 27.7 Å². The topological polar surface area (TPSA) is 96.5 Å². The number of carbonyl (C=O) groups is 1. The number of hydrogen-bond donors (Lipinski definition) is 3. The highest BCUT2D eigenvalue weighted by atomic mass is 32.2. The molecule has 1 atom stereocenters. The molecule has 0 unspecified atom stereocenters. The number of methoxy groups -OCH3 is 1. The highest BCUT2D eigenvalue weighted by molar-refractivity contribution is 7.89. The lowest BCUT2D eigenvalue weighted by atomic mass is 10.1. The molecule has 1 amide bonds. The molecule has 0 saturated carbocycles. The molecule has 28 heavy (non-hydrogen) atoms. The third-order valence-electron chi connectivity index (χ3n) is 3.73. The van der Waals surface area contributed by atoms with Crippen molar-refractivity contribution < 1.29 is 17.9 Å². The van der Waals surface area contributed by atoms with E-state index in [0.717, 1.165) is 0 Å². The Bertz CT molecular complexity index is 936. The van der Waals surface area contributed by atoms with E-state index in [-0.39, 0.29) is 10.8 Å². The van der Waals surface area contributed by atoms with Crippen LogP contribution in [0.15, 0.2) is 53.4 Å². The molecule has 0 bridgehead atoms. The number of sulfonamides is 1. The monoisotopic (exact) mass is 405 g/mol. The molecule has 0 radical (unpaired) electrons. The van der Waals surface area contributed by atoms with E-state index in [0.29, 0.717) is 17.1 Å². The van der Waals surface area contributed by atoms with Gasteiger partial charge in [-0.05, 0) is 58.0 Å². The first-order valence-electron chi connectivity index (χ1n) is 8.86. The Morgan fingerprint density at radius 3 is 2.39 bits per heavy atom. The minimum absolute atomic E-state index is 0.129. The van der Waals surface area contributed by atoms with Gasteiger partial charge in [-0.3, -0.25) is 4.79 Å². The molecule has 3 N–H and O–H groups in total. The lowest BCUT2D eigenvalue weighted by molar-refractivity contribution is -0.116. The number of carbonyl (C=O) groups excluding carboxylic acids is 1. The molecule has 0 aliphatic carbocycles. The van der Waals surface area contributed by atoms with Gasteiger partial charge in [0.25, 0.3) is 0 Å². The summed E-state index contributed by atoms with van der Waals surface area (Å²) in [7, 11) is -2.13. The fourth-order valence-corrected chi connectivity index (χ4v) is 3.98. The first-order valence-corrected chi connectivity index (χ1v) is 10.3. The molecule has 0 heterocycles. The summed E-state index contributed by atoms with van der Waals surface area (Å²) in [6, 6.07) is 12.9. The lowest BCUT2D eigenvalue weighted by Gasteiger charge is -2.21. The van der Waals surface area contributed by atoms with Gasteiger partial charge >= 0.3 is 0 Å². The van der Waals surface area contributed by atoms with Crippen molar-refractivity contribution in [2.75, 3.05) is 17.7 Å². The number of nitrogens with one attached hydrogen (secondary N) is 3. The summed E-state index contributed by atoms with van der Waals surface area (Å²) in [6.07, 6.45) is 0. The normalized spacial score (nSPS) is 12.9. The van der Waals surface area contributed by atoms with Crippen LogP contribution in [0.4, 0.5) is 11.4 Å². The van der Waals surface area contributed by atoms with Crippen LogP contribution in [0.5, 0.6) is 5.75 Å². The summed E-state index contributed by atoms with van der Waals surface area (Å²) >= 11 is 0. The van der Waals surface area contributed by atoms with E-state index in [1.807, 2.05) is 6.07 Å². The van der Waals surface area contributed by atoms with Crippen molar-refractivity contribution in [1.29, 1.82) is 0 Å². The number of hydrogen-bond acceptors (Lipinski definition) is 5. The maximum Gasteiger partial charge on any atom is 0.246 e. The number of para-hydroxylation sites is 2. The second kappa shape index (κ2) is 8.62. The summed E-state index contributed by atoms with van der Waals surface area (Å²) in [5.41, 5.74) is 0.498. The molecule has 152 valence electrons. The summed E-state index contributed by atoms with van der Waals surface area (Å²) in [4.78, 5) is 12.6. The number of amides is 1. The van der Waals surface area contributed by atoms with E-state index < -0.39 is 21.6 Å². The molecule has 2 aromatic rings. The van der Waals surface area contributed by atoms with Crippen LogP contribution >= 0.6 is 0 Å². The standard InChI is InChI=1S/C20H27N3O4S/c1-14(19(24)22-17-11-6-7-12-18(17)27-5)21-15-9-8-10-16(13-15)28(25,26)23-20(2,3)4/h6-14,21,23H,1-5H3,(H,22,24)/t14-/m0/s1. The third-order valence-corrected chi connectivity index (χ3v) is 5.48. The van der Waals surface area contributed by atoms with Crippen molar-refractivity contribution in [2.24, 2.45) is 0 Å². The Morgan fingerprint density at radius 1 is 1.07 bits per heavy atom.